The monoisotopic (exact) mass is 447 g/mol. The predicted octanol–water partition coefficient (Wildman–Crippen LogP) is 3.39. The molecule has 0 spiro atoms. The van der Waals surface area contributed by atoms with Gasteiger partial charge >= 0.3 is 21.7 Å². The number of alkyl halides is 3. The van der Waals surface area contributed by atoms with Gasteiger partial charge in [0.05, 0.1) is 17.9 Å². The summed E-state index contributed by atoms with van der Waals surface area (Å²) >= 11 is 0. The summed E-state index contributed by atoms with van der Waals surface area (Å²) in [6.45, 7) is 5.16. The van der Waals surface area contributed by atoms with E-state index >= 15 is 0 Å². The van der Waals surface area contributed by atoms with Crippen LogP contribution in [-0.2, 0) is 27.8 Å². The summed E-state index contributed by atoms with van der Waals surface area (Å²) in [6, 6.07) is 7.99. The number of benzene rings is 1. The lowest BCUT2D eigenvalue weighted by atomic mass is 10.1. The van der Waals surface area contributed by atoms with Crippen molar-refractivity contribution in [2.24, 2.45) is 0 Å². The van der Waals surface area contributed by atoms with Gasteiger partial charge in [-0.2, -0.15) is 31.4 Å². The van der Waals surface area contributed by atoms with Crippen molar-refractivity contribution in [1.29, 1.82) is 0 Å². The highest BCUT2D eigenvalue weighted by Crippen LogP contribution is 2.35. The van der Waals surface area contributed by atoms with Crippen LogP contribution >= 0.6 is 0 Å². The summed E-state index contributed by atoms with van der Waals surface area (Å²) in [5.41, 5.74) is -5.60. The Morgan fingerprint density at radius 2 is 1.77 bits per heavy atom. The summed E-state index contributed by atoms with van der Waals surface area (Å²) in [5.74, 6) is -0.544. The lowest BCUT2D eigenvalue weighted by molar-refractivity contribution is -0.0502. The van der Waals surface area contributed by atoms with E-state index < -0.39 is 33.2 Å². The SMILES string of the molecule is CC(C)(C)OC(=O)N1CCc2c(nn(-c3ccccc3)c2OS(=O)(=O)C(F)(F)F)C1. The van der Waals surface area contributed by atoms with E-state index in [1.165, 1.54) is 17.0 Å². The van der Waals surface area contributed by atoms with Gasteiger partial charge in [-0.05, 0) is 39.3 Å². The quantitative estimate of drug-likeness (QED) is 0.529. The van der Waals surface area contributed by atoms with E-state index in [1.807, 2.05) is 0 Å². The molecule has 8 nitrogen and oxygen atoms in total. The van der Waals surface area contributed by atoms with Gasteiger partial charge in [-0.25, -0.2) is 4.79 Å². The fourth-order valence-electron chi connectivity index (χ4n) is 2.83. The number of hydrogen-bond acceptors (Lipinski definition) is 6. The topological polar surface area (TPSA) is 90.7 Å². The molecule has 0 aliphatic carbocycles. The van der Waals surface area contributed by atoms with Crippen LogP contribution in [0, 0.1) is 0 Å². The van der Waals surface area contributed by atoms with Gasteiger partial charge in [0.2, 0.25) is 5.88 Å². The van der Waals surface area contributed by atoms with E-state index in [-0.39, 0.29) is 30.8 Å². The van der Waals surface area contributed by atoms with Crippen LogP contribution in [0.1, 0.15) is 32.0 Å². The van der Waals surface area contributed by atoms with Crippen LogP contribution in [0.4, 0.5) is 18.0 Å². The van der Waals surface area contributed by atoms with Gasteiger partial charge in [-0.15, -0.1) is 0 Å². The molecule has 164 valence electrons. The average Bonchev–Trinajstić information content (AvgIpc) is 2.97. The Morgan fingerprint density at radius 1 is 1.13 bits per heavy atom. The van der Waals surface area contributed by atoms with E-state index in [4.69, 9.17) is 4.74 Å². The van der Waals surface area contributed by atoms with Gasteiger partial charge in [0, 0.05) is 12.1 Å². The largest absolute Gasteiger partial charge is 0.534 e. The van der Waals surface area contributed by atoms with E-state index in [1.54, 1.807) is 39.0 Å². The van der Waals surface area contributed by atoms with E-state index in [2.05, 4.69) is 9.28 Å². The number of hydrogen-bond donors (Lipinski definition) is 0. The van der Waals surface area contributed by atoms with E-state index in [0.29, 0.717) is 5.69 Å². The lowest BCUT2D eigenvalue weighted by Crippen LogP contribution is -2.40. The molecule has 1 aliphatic rings. The Morgan fingerprint density at radius 3 is 2.33 bits per heavy atom. The van der Waals surface area contributed by atoms with Crippen LogP contribution in [0.25, 0.3) is 5.69 Å². The molecule has 1 aromatic carbocycles. The Hall–Kier alpha value is -2.76. The van der Waals surface area contributed by atoms with Gasteiger partial charge in [-0.3, -0.25) is 0 Å². The van der Waals surface area contributed by atoms with Gasteiger partial charge < -0.3 is 13.8 Å². The van der Waals surface area contributed by atoms with Crippen molar-refractivity contribution in [2.75, 3.05) is 6.54 Å². The predicted molar refractivity (Wildman–Crippen MR) is 99.5 cm³/mol. The molecule has 2 heterocycles. The fraction of sp³-hybridized carbons (Fsp3) is 0.444. The van der Waals surface area contributed by atoms with Crippen molar-refractivity contribution in [2.45, 2.75) is 44.8 Å². The fourth-order valence-corrected chi connectivity index (χ4v) is 3.30. The minimum Gasteiger partial charge on any atom is -0.444 e. The van der Waals surface area contributed by atoms with Crippen LogP contribution in [0.5, 0.6) is 5.88 Å². The highest BCUT2D eigenvalue weighted by Gasteiger charge is 2.50. The first-order chi connectivity index (χ1) is 13.8. The van der Waals surface area contributed by atoms with Crippen LogP contribution in [-0.4, -0.2) is 46.8 Å². The van der Waals surface area contributed by atoms with Crippen molar-refractivity contribution < 1.29 is 35.3 Å². The number of ether oxygens (including phenoxy) is 1. The maximum absolute atomic E-state index is 12.9. The van der Waals surface area contributed by atoms with Crippen molar-refractivity contribution in [1.82, 2.24) is 14.7 Å². The molecule has 1 amide bonds. The minimum absolute atomic E-state index is 0.0458. The second kappa shape index (κ2) is 7.49. The number of para-hydroxylation sites is 1. The van der Waals surface area contributed by atoms with Crippen LogP contribution in [0.15, 0.2) is 30.3 Å². The smallest absolute Gasteiger partial charge is 0.444 e. The number of carbonyl (C=O) groups is 1. The molecule has 0 N–H and O–H groups in total. The molecule has 12 heteroatoms. The molecule has 0 saturated carbocycles. The third-order valence-electron chi connectivity index (χ3n) is 4.12. The maximum atomic E-state index is 12.9. The summed E-state index contributed by atoms with van der Waals surface area (Å²) in [5, 5.41) is 4.23. The summed E-state index contributed by atoms with van der Waals surface area (Å²) in [4.78, 5) is 13.7. The molecule has 0 saturated heterocycles. The van der Waals surface area contributed by atoms with Crippen LogP contribution in [0.3, 0.4) is 0 Å². The molecule has 0 unspecified atom stereocenters. The number of amides is 1. The second-order valence-corrected chi connectivity index (χ2v) is 9.15. The first-order valence-corrected chi connectivity index (χ1v) is 10.3. The molecule has 1 aliphatic heterocycles. The Labute approximate surface area is 171 Å². The maximum Gasteiger partial charge on any atom is 0.534 e. The first-order valence-electron chi connectivity index (χ1n) is 8.93. The van der Waals surface area contributed by atoms with Crippen LogP contribution < -0.4 is 4.18 Å². The lowest BCUT2D eigenvalue weighted by Gasteiger charge is -2.29. The highest BCUT2D eigenvalue weighted by atomic mass is 32.2. The molecule has 3 rings (SSSR count). The van der Waals surface area contributed by atoms with Gasteiger partial charge in [-0.1, -0.05) is 18.2 Å². The standard InChI is InChI=1S/C18H20F3N3O5S/c1-17(2,3)28-16(25)23-10-9-13-14(11-23)22-24(12-7-5-4-6-8-12)15(13)29-30(26,27)18(19,20)21/h4-8H,9-11H2,1-3H3. The Balaban J connectivity index is 2.01. The zero-order valence-corrected chi connectivity index (χ0v) is 17.2. The summed E-state index contributed by atoms with van der Waals surface area (Å²) < 4.78 is 72.8. The molecule has 0 fully saturated rings. The Kier molecular flexibility index (Phi) is 5.48. The molecule has 0 bridgehead atoms. The van der Waals surface area contributed by atoms with Gasteiger partial charge in [0.15, 0.2) is 0 Å². The second-order valence-electron chi connectivity index (χ2n) is 7.61. The number of nitrogens with zero attached hydrogens (tertiary/aromatic N) is 3. The van der Waals surface area contributed by atoms with Crippen molar-refractivity contribution in [3.8, 4) is 11.6 Å². The molecular weight excluding hydrogens is 427 g/mol. The van der Waals surface area contributed by atoms with Crippen molar-refractivity contribution in [3.05, 3.63) is 41.6 Å². The number of fused-ring (bicyclic) bond motifs is 1. The molecule has 1 aromatic heterocycles. The van der Waals surface area contributed by atoms with Crippen molar-refractivity contribution in [3.63, 3.8) is 0 Å². The molecule has 30 heavy (non-hydrogen) atoms. The molecule has 0 atom stereocenters. The molecule has 0 radical (unpaired) electrons. The van der Waals surface area contributed by atoms with E-state index in [0.717, 1.165) is 4.68 Å². The summed E-state index contributed by atoms with van der Waals surface area (Å²) in [6.07, 6.45) is -0.558. The molecule has 2 aromatic rings. The van der Waals surface area contributed by atoms with Crippen LogP contribution in [0.2, 0.25) is 0 Å². The molecular formula is C18H20F3N3O5S. The zero-order chi connectivity index (χ0) is 22.3. The number of halogens is 3. The number of rotatable bonds is 3. The third kappa shape index (κ3) is 4.53. The number of carbonyl (C=O) groups excluding carboxylic acids is 1. The highest BCUT2D eigenvalue weighted by molar-refractivity contribution is 7.88. The van der Waals surface area contributed by atoms with E-state index in [9.17, 15) is 26.4 Å². The van der Waals surface area contributed by atoms with Gasteiger partial charge in [0.1, 0.15) is 5.60 Å². The third-order valence-corrected chi connectivity index (χ3v) is 5.06. The van der Waals surface area contributed by atoms with Gasteiger partial charge in [0.25, 0.3) is 0 Å². The number of aromatic nitrogens is 2. The minimum atomic E-state index is -5.90. The zero-order valence-electron chi connectivity index (χ0n) is 16.4. The first kappa shape index (κ1) is 21.9. The Bertz CT molecular complexity index is 1040. The average molecular weight is 447 g/mol. The normalized spacial score (nSPS) is 14.9. The van der Waals surface area contributed by atoms with Crippen molar-refractivity contribution >= 4 is 16.2 Å². The summed E-state index contributed by atoms with van der Waals surface area (Å²) in [7, 11) is -5.90.